The maximum Gasteiger partial charge on any atom is 0.271 e. The number of ether oxygens (including phenoxy) is 3. The van der Waals surface area contributed by atoms with E-state index in [0.29, 0.717) is 27.9 Å². The lowest BCUT2D eigenvalue weighted by Crippen LogP contribution is -2.16. The summed E-state index contributed by atoms with van der Waals surface area (Å²) in [6.07, 6.45) is 1.87. The van der Waals surface area contributed by atoms with E-state index in [1.54, 1.807) is 20.3 Å². The molecule has 1 amide bonds. The Morgan fingerprint density at radius 2 is 1.88 bits per heavy atom. The second kappa shape index (κ2) is 9.17. The van der Waals surface area contributed by atoms with Crippen LogP contribution in [-0.4, -0.2) is 41.5 Å². The van der Waals surface area contributed by atoms with Gasteiger partial charge in [0.15, 0.2) is 4.96 Å². The number of imidazole rings is 1. The topological polar surface area (TPSA) is 117 Å². The normalized spacial score (nSPS) is 10.8. The van der Waals surface area contributed by atoms with Crippen molar-refractivity contribution in [3.8, 4) is 28.5 Å². The summed E-state index contributed by atoms with van der Waals surface area (Å²) in [5.41, 5.74) is 2.26. The van der Waals surface area contributed by atoms with E-state index in [9.17, 15) is 14.9 Å². The molecule has 4 rings (SSSR count). The molecular weight excluding hydrogens is 448 g/mol. The first kappa shape index (κ1) is 22.1. The molecule has 4 aromatic rings. The van der Waals surface area contributed by atoms with Gasteiger partial charge in [-0.05, 0) is 24.3 Å². The van der Waals surface area contributed by atoms with Crippen molar-refractivity contribution in [1.82, 2.24) is 9.38 Å². The molecule has 0 saturated carbocycles. The average molecular weight is 468 g/mol. The van der Waals surface area contributed by atoms with Gasteiger partial charge in [-0.25, -0.2) is 4.98 Å². The Hall–Kier alpha value is -4.12. The molecule has 0 unspecified atom stereocenters. The van der Waals surface area contributed by atoms with Crippen LogP contribution < -0.4 is 19.5 Å². The number of methoxy groups -OCH3 is 3. The number of nitrogens with zero attached hydrogens (tertiary/aromatic N) is 3. The summed E-state index contributed by atoms with van der Waals surface area (Å²) in [4.78, 5) is 28.6. The van der Waals surface area contributed by atoms with Crippen molar-refractivity contribution in [3.63, 3.8) is 0 Å². The average Bonchev–Trinajstić information content (AvgIpc) is 3.40. The number of hydrogen-bond donors (Lipinski definition) is 1. The molecule has 0 bridgehead atoms. The molecule has 2 aromatic heterocycles. The van der Waals surface area contributed by atoms with Gasteiger partial charge in [0.05, 0.1) is 44.1 Å². The molecule has 0 spiro atoms. The maximum atomic E-state index is 12.7. The number of nitro benzene ring substituents is 1. The van der Waals surface area contributed by atoms with Gasteiger partial charge < -0.3 is 19.5 Å². The Balaban J connectivity index is 1.60. The van der Waals surface area contributed by atoms with E-state index >= 15 is 0 Å². The molecule has 170 valence electrons. The zero-order valence-electron chi connectivity index (χ0n) is 18.0. The lowest BCUT2D eigenvalue weighted by atomic mass is 10.1. The molecule has 1 N–H and O–H groups in total. The molecule has 0 radical (unpaired) electrons. The fourth-order valence-corrected chi connectivity index (χ4v) is 4.24. The van der Waals surface area contributed by atoms with Crippen LogP contribution in [-0.2, 0) is 11.2 Å². The van der Waals surface area contributed by atoms with E-state index in [1.165, 1.54) is 36.6 Å². The highest BCUT2D eigenvalue weighted by Crippen LogP contribution is 2.34. The summed E-state index contributed by atoms with van der Waals surface area (Å²) in [6, 6.07) is 9.48. The van der Waals surface area contributed by atoms with Gasteiger partial charge in [-0.15, -0.1) is 11.3 Å². The first-order valence-corrected chi connectivity index (χ1v) is 10.6. The Bertz CT molecular complexity index is 1350. The first-order valence-electron chi connectivity index (χ1n) is 9.73. The summed E-state index contributed by atoms with van der Waals surface area (Å²) >= 11 is 1.40. The molecule has 0 aliphatic heterocycles. The molecule has 2 heterocycles. The van der Waals surface area contributed by atoms with Crippen molar-refractivity contribution < 1.29 is 23.9 Å². The van der Waals surface area contributed by atoms with Gasteiger partial charge in [0.2, 0.25) is 5.91 Å². The smallest absolute Gasteiger partial charge is 0.271 e. The number of rotatable bonds is 8. The highest BCUT2D eigenvalue weighted by Gasteiger charge is 2.18. The van der Waals surface area contributed by atoms with Crippen molar-refractivity contribution in [1.29, 1.82) is 0 Å². The highest BCUT2D eigenvalue weighted by molar-refractivity contribution is 7.15. The summed E-state index contributed by atoms with van der Waals surface area (Å²) in [5, 5.41) is 15.6. The number of nitro groups is 1. The zero-order valence-corrected chi connectivity index (χ0v) is 18.8. The molecule has 2 aromatic carbocycles. The molecular formula is C22H20N4O6S. The highest BCUT2D eigenvalue weighted by atomic mass is 32.1. The van der Waals surface area contributed by atoms with E-state index in [2.05, 4.69) is 10.3 Å². The standard InChI is InChI=1S/C22H20N4O6S/c1-30-15-5-7-19(31-2)16(10-15)18-11-25-14(12-33-22(25)24-18)9-21(27)23-17-8-13(26(28)29)4-6-20(17)32-3/h4-8,10-12H,9H2,1-3H3,(H,23,27). The summed E-state index contributed by atoms with van der Waals surface area (Å²) in [6.45, 7) is 0. The summed E-state index contributed by atoms with van der Waals surface area (Å²) < 4.78 is 17.8. The zero-order chi connectivity index (χ0) is 23.5. The molecule has 33 heavy (non-hydrogen) atoms. The van der Waals surface area contributed by atoms with Crippen molar-refractivity contribution in [2.24, 2.45) is 0 Å². The lowest BCUT2D eigenvalue weighted by Gasteiger charge is -2.10. The quantitative estimate of drug-likeness (QED) is 0.304. The van der Waals surface area contributed by atoms with E-state index in [-0.39, 0.29) is 23.7 Å². The third kappa shape index (κ3) is 4.44. The lowest BCUT2D eigenvalue weighted by molar-refractivity contribution is -0.384. The van der Waals surface area contributed by atoms with Crippen LogP contribution in [0.15, 0.2) is 48.0 Å². The number of carbonyl (C=O) groups is 1. The van der Waals surface area contributed by atoms with Crippen molar-refractivity contribution in [3.05, 3.63) is 63.8 Å². The van der Waals surface area contributed by atoms with Crippen LogP contribution in [0.4, 0.5) is 11.4 Å². The maximum absolute atomic E-state index is 12.7. The van der Waals surface area contributed by atoms with E-state index in [1.807, 2.05) is 28.1 Å². The largest absolute Gasteiger partial charge is 0.497 e. The summed E-state index contributed by atoms with van der Waals surface area (Å²) in [7, 11) is 4.60. The Morgan fingerprint density at radius 1 is 1.12 bits per heavy atom. The predicted octanol–water partition coefficient (Wildman–Crippen LogP) is 4.18. The Morgan fingerprint density at radius 3 is 2.58 bits per heavy atom. The number of thiazole rings is 1. The van der Waals surface area contributed by atoms with Crippen LogP contribution in [0.1, 0.15) is 5.69 Å². The van der Waals surface area contributed by atoms with Crippen LogP contribution in [0.5, 0.6) is 17.2 Å². The number of aromatic nitrogens is 2. The third-order valence-electron chi connectivity index (χ3n) is 4.98. The van der Waals surface area contributed by atoms with Gasteiger partial charge in [-0.3, -0.25) is 19.3 Å². The van der Waals surface area contributed by atoms with Gasteiger partial charge in [-0.1, -0.05) is 0 Å². The monoisotopic (exact) mass is 468 g/mol. The molecule has 0 saturated heterocycles. The summed E-state index contributed by atoms with van der Waals surface area (Å²) in [5.74, 6) is 1.31. The number of amides is 1. The third-order valence-corrected chi connectivity index (χ3v) is 5.86. The minimum Gasteiger partial charge on any atom is -0.497 e. The van der Waals surface area contributed by atoms with Crippen LogP contribution in [0.2, 0.25) is 0 Å². The molecule has 0 fully saturated rings. The molecule has 0 aliphatic carbocycles. The van der Waals surface area contributed by atoms with Crippen LogP contribution in [0.25, 0.3) is 16.2 Å². The number of nitrogens with one attached hydrogen (secondary N) is 1. The van der Waals surface area contributed by atoms with E-state index in [4.69, 9.17) is 14.2 Å². The number of anilines is 1. The Labute approximate surface area is 192 Å². The van der Waals surface area contributed by atoms with Crippen LogP contribution in [0.3, 0.4) is 0 Å². The molecule has 0 aliphatic rings. The SMILES string of the molecule is COc1ccc(OC)c(-c2cn3c(CC(=O)Nc4cc([N+](=O)[O-])ccc4OC)csc3n2)c1. The van der Waals surface area contributed by atoms with Crippen LogP contribution in [0, 0.1) is 10.1 Å². The van der Waals surface area contributed by atoms with E-state index in [0.717, 1.165) is 11.3 Å². The van der Waals surface area contributed by atoms with Crippen LogP contribution >= 0.6 is 11.3 Å². The van der Waals surface area contributed by atoms with Gasteiger partial charge in [0.25, 0.3) is 5.69 Å². The first-order chi connectivity index (χ1) is 15.9. The number of carbonyl (C=O) groups excluding carboxylic acids is 1. The fourth-order valence-electron chi connectivity index (χ4n) is 3.37. The van der Waals surface area contributed by atoms with Crippen molar-refractivity contribution in [2.45, 2.75) is 6.42 Å². The predicted molar refractivity (Wildman–Crippen MR) is 124 cm³/mol. The Kier molecular flexibility index (Phi) is 6.13. The minimum absolute atomic E-state index is 0.0386. The number of non-ortho nitro benzene ring substituents is 1. The fraction of sp³-hybridized carbons (Fsp3) is 0.182. The number of hydrogen-bond acceptors (Lipinski definition) is 8. The molecule has 11 heteroatoms. The minimum atomic E-state index is -0.530. The van der Waals surface area contributed by atoms with Gasteiger partial charge in [0.1, 0.15) is 17.2 Å². The second-order valence-electron chi connectivity index (χ2n) is 6.94. The molecule has 0 atom stereocenters. The number of fused-ring (bicyclic) bond motifs is 1. The van der Waals surface area contributed by atoms with Gasteiger partial charge in [0, 0.05) is 35.0 Å². The van der Waals surface area contributed by atoms with Gasteiger partial charge >= 0.3 is 0 Å². The van der Waals surface area contributed by atoms with Gasteiger partial charge in [-0.2, -0.15) is 0 Å². The number of benzene rings is 2. The molecule has 10 nitrogen and oxygen atoms in total. The van der Waals surface area contributed by atoms with Crippen molar-refractivity contribution >= 4 is 33.6 Å². The second-order valence-corrected chi connectivity index (χ2v) is 7.78. The van der Waals surface area contributed by atoms with Crippen molar-refractivity contribution in [2.75, 3.05) is 26.6 Å². The van der Waals surface area contributed by atoms with E-state index < -0.39 is 4.92 Å².